The fourth-order valence-corrected chi connectivity index (χ4v) is 5.41. The molecular formula is C26H25ClN6O2. The average Bonchev–Trinajstić information content (AvgIpc) is 2.99. The van der Waals surface area contributed by atoms with Gasteiger partial charge in [-0.2, -0.15) is 0 Å². The molecule has 3 N–H and O–H groups in total. The van der Waals surface area contributed by atoms with E-state index >= 15 is 0 Å². The minimum Gasteiger partial charge on any atom is -0.348 e. The second-order valence-electron chi connectivity index (χ2n) is 9.40. The first-order chi connectivity index (χ1) is 17.0. The molecule has 9 heteroatoms. The van der Waals surface area contributed by atoms with Crippen molar-refractivity contribution in [2.45, 2.75) is 25.3 Å². The normalized spacial score (nSPS) is 22.4. The van der Waals surface area contributed by atoms with Crippen molar-refractivity contribution in [1.82, 2.24) is 20.2 Å². The molecule has 2 amide bonds. The Morgan fingerprint density at radius 2 is 1.91 bits per heavy atom. The Balaban J connectivity index is 1.18. The highest BCUT2D eigenvalue weighted by Gasteiger charge is 2.34. The standard InChI is InChI=1S/C26H25ClN6O2/c27-18-3-6-20-21(12-18)30-23(34)11-17-13-28-26(32-24(17)20)29-19-4-1-16(2-5-19)25(35)31-22-14-33-9-7-15(22)8-10-33/h1-6,12-13,15,22H,7-11,14H2,(H,30,34)(H,31,35)(H,28,29,32). The van der Waals surface area contributed by atoms with Crippen LogP contribution in [0.3, 0.4) is 0 Å². The molecule has 7 rings (SSSR count). The molecule has 35 heavy (non-hydrogen) atoms. The van der Waals surface area contributed by atoms with Crippen molar-refractivity contribution in [3.05, 3.63) is 64.8 Å². The van der Waals surface area contributed by atoms with Crippen LogP contribution in [-0.2, 0) is 11.2 Å². The summed E-state index contributed by atoms with van der Waals surface area (Å²) in [5, 5.41) is 9.85. The van der Waals surface area contributed by atoms with Gasteiger partial charge in [-0.3, -0.25) is 9.59 Å². The summed E-state index contributed by atoms with van der Waals surface area (Å²) in [7, 11) is 0. The Bertz CT molecular complexity index is 1300. The third kappa shape index (κ3) is 4.47. The second kappa shape index (κ2) is 8.94. The number of hydrogen-bond acceptors (Lipinski definition) is 6. The van der Waals surface area contributed by atoms with Gasteiger partial charge in [0.25, 0.3) is 5.91 Å². The highest BCUT2D eigenvalue weighted by molar-refractivity contribution is 6.31. The zero-order chi connectivity index (χ0) is 23.9. The number of nitrogens with zero attached hydrogens (tertiary/aromatic N) is 3. The number of amides is 2. The number of nitrogens with one attached hydrogen (secondary N) is 3. The van der Waals surface area contributed by atoms with E-state index in [2.05, 4.69) is 30.8 Å². The third-order valence-corrected chi connectivity index (χ3v) is 7.34. The van der Waals surface area contributed by atoms with Gasteiger partial charge in [0, 0.05) is 46.2 Å². The molecule has 1 aromatic heterocycles. The highest BCUT2D eigenvalue weighted by atomic mass is 35.5. The van der Waals surface area contributed by atoms with Crippen LogP contribution in [0.4, 0.5) is 17.3 Å². The smallest absolute Gasteiger partial charge is 0.251 e. The van der Waals surface area contributed by atoms with Gasteiger partial charge in [-0.25, -0.2) is 9.97 Å². The number of aromatic nitrogens is 2. The molecule has 5 heterocycles. The summed E-state index contributed by atoms with van der Waals surface area (Å²) < 4.78 is 0. The van der Waals surface area contributed by atoms with Gasteiger partial charge in [-0.05, 0) is 74.3 Å². The molecule has 4 aliphatic rings. The number of halogens is 1. The number of rotatable bonds is 4. The molecule has 3 aromatic rings. The Labute approximate surface area is 208 Å². The van der Waals surface area contributed by atoms with E-state index in [1.165, 1.54) is 0 Å². The average molecular weight is 489 g/mol. The summed E-state index contributed by atoms with van der Waals surface area (Å²) in [5.41, 5.74) is 4.24. The van der Waals surface area contributed by atoms with Crippen LogP contribution in [0.25, 0.3) is 11.3 Å². The second-order valence-corrected chi connectivity index (χ2v) is 9.84. The number of fused-ring (bicyclic) bond motifs is 6. The molecule has 1 unspecified atom stereocenters. The van der Waals surface area contributed by atoms with E-state index in [4.69, 9.17) is 11.6 Å². The molecule has 3 saturated heterocycles. The summed E-state index contributed by atoms with van der Waals surface area (Å²) in [4.78, 5) is 36.6. The summed E-state index contributed by atoms with van der Waals surface area (Å²) in [6, 6.07) is 12.9. The van der Waals surface area contributed by atoms with Crippen molar-refractivity contribution in [3.8, 4) is 11.3 Å². The predicted molar refractivity (Wildman–Crippen MR) is 135 cm³/mol. The molecule has 1 atom stereocenters. The van der Waals surface area contributed by atoms with Gasteiger partial charge >= 0.3 is 0 Å². The van der Waals surface area contributed by atoms with Crippen molar-refractivity contribution in [2.24, 2.45) is 5.92 Å². The molecule has 0 spiro atoms. The number of carbonyl (C=O) groups excluding carboxylic acids is 2. The predicted octanol–water partition coefficient (Wildman–Crippen LogP) is 3.86. The molecule has 178 valence electrons. The van der Waals surface area contributed by atoms with Crippen molar-refractivity contribution in [1.29, 1.82) is 0 Å². The number of carbonyl (C=O) groups is 2. The van der Waals surface area contributed by atoms with Gasteiger partial charge in [0.1, 0.15) is 0 Å². The number of hydrogen-bond donors (Lipinski definition) is 3. The van der Waals surface area contributed by atoms with Gasteiger partial charge in [0.2, 0.25) is 11.9 Å². The van der Waals surface area contributed by atoms with E-state index in [9.17, 15) is 9.59 Å². The highest BCUT2D eigenvalue weighted by Crippen LogP contribution is 2.35. The number of anilines is 3. The van der Waals surface area contributed by atoms with Gasteiger partial charge in [-0.1, -0.05) is 11.6 Å². The quantitative estimate of drug-likeness (QED) is 0.515. The van der Waals surface area contributed by atoms with Gasteiger partial charge in [-0.15, -0.1) is 0 Å². The van der Waals surface area contributed by atoms with Crippen LogP contribution < -0.4 is 16.0 Å². The van der Waals surface area contributed by atoms with Crippen LogP contribution in [0.5, 0.6) is 0 Å². The van der Waals surface area contributed by atoms with Crippen molar-refractivity contribution in [2.75, 3.05) is 30.3 Å². The van der Waals surface area contributed by atoms with E-state index in [1.807, 2.05) is 30.3 Å². The molecule has 2 bridgehead atoms. The maximum absolute atomic E-state index is 12.8. The lowest BCUT2D eigenvalue weighted by Gasteiger charge is -2.44. The molecule has 3 fully saturated rings. The first-order valence-corrected chi connectivity index (χ1v) is 12.3. The van der Waals surface area contributed by atoms with Crippen molar-refractivity contribution in [3.63, 3.8) is 0 Å². The van der Waals surface area contributed by atoms with E-state index in [0.29, 0.717) is 33.8 Å². The van der Waals surface area contributed by atoms with Crippen molar-refractivity contribution >= 4 is 40.7 Å². The molecule has 0 saturated carbocycles. The number of benzene rings is 2. The van der Waals surface area contributed by atoms with Crippen LogP contribution in [0.2, 0.25) is 5.02 Å². The molecule has 2 aromatic carbocycles. The van der Waals surface area contributed by atoms with E-state index < -0.39 is 0 Å². The van der Waals surface area contributed by atoms with Gasteiger partial charge < -0.3 is 20.9 Å². The number of piperidine rings is 3. The van der Waals surface area contributed by atoms with Crippen LogP contribution in [-0.4, -0.2) is 52.4 Å². The molecule has 0 aliphatic carbocycles. The zero-order valence-corrected chi connectivity index (χ0v) is 19.8. The summed E-state index contributed by atoms with van der Waals surface area (Å²) in [6.45, 7) is 3.24. The lowest BCUT2D eigenvalue weighted by atomic mass is 9.84. The fourth-order valence-electron chi connectivity index (χ4n) is 5.24. The Hall–Kier alpha value is -3.49. The maximum Gasteiger partial charge on any atom is 0.251 e. The van der Waals surface area contributed by atoms with E-state index in [1.54, 1.807) is 18.3 Å². The van der Waals surface area contributed by atoms with Gasteiger partial charge in [0.15, 0.2) is 0 Å². The van der Waals surface area contributed by atoms with Crippen LogP contribution in [0.1, 0.15) is 28.8 Å². The van der Waals surface area contributed by atoms with Gasteiger partial charge in [0.05, 0.1) is 17.8 Å². The fraction of sp³-hybridized carbons (Fsp3) is 0.308. The molecule has 4 aliphatic heterocycles. The summed E-state index contributed by atoms with van der Waals surface area (Å²) >= 11 is 6.12. The van der Waals surface area contributed by atoms with Crippen LogP contribution in [0, 0.1) is 5.92 Å². The zero-order valence-electron chi connectivity index (χ0n) is 19.1. The third-order valence-electron chi connectivity index (χ3n) is 7.10. The summed E-state index contributed by atoms with van der Waals surface area (Å²) in [6.07, 6.45) is 4.18. The SMILES string of the molecule is O=C1Cc2cnc(Nc3ccc(C(=O)NC4CN5CCC4CC5)cc3)nc2-c2ccc(Cl)cc2N1. The monoisotopic (exact) mass is 488 g/mol. The Morgan fingerprint density at radius 3 is 2.66 bits per heavy atom. The summed E-state index contributed by atoms with van der Waals surface area (Å²) in [5.74, 6) is 0.818. The molecule has 0 radical (unpaired) electrons. The minimum absolute atomic E-state index is 0.0379. The Morgan fingerprint density at radius 1 is 1.11 bits per heavy atom. The minimum atomic E-state index is -0.135. The van der Waals surface area contributed by atoms with Crippen LogP contribution >= 0.6 is 11.6 Å². The first-order valence-electron chi connectivity index (χ1n) is 11.9. The van der Waals surface area contributed by atoms with E-state index in [0.717, 1.165) is 49.3 Å². The van der Waals surface area contributed by atoms with Crippen molar-refractivity contribution < 1.29 is 9.59 Å². The maximum atomic E-state index is 12.8. The molecular weight excluding hydrogens is 464 g/mol. The largest absolute Gasteiger partial charge is 0.348 e. The topological polar surface area (TPSA) is 99.2 Å². The Kier molecular flexibility index (Phi) is 5.62. The first kappa shape index (κ1) is 22.0. The lowest BCUT2D eigenvalue weighted by Crippen LogP contribution is -2.57. The van der Waals surface area contributed by atoms with Crippen LogP contribution in [0.15, 0.2) is 48.7 Å². The molecule has 8 nitrogen and oxygen atoms in total. The lowest BCUT2D eigenvalue weighted by molar-refractivity contribution is -0.115. The van der Waals surface area contributed by atoms with E-state index in [-0.39, 0.29) is 24.3 Å².